The normalized spacial score (nSPS) is 17.5. The monoisotopic (exact) mass is 310 g/mol. The van der Waals surface area contributed by atoms with Crippen LogP contribution in [0.15, 0.2) is 55.0 Å². The molecule has 0 saturated heterocycles. The largest absolute Gasteiger partial charge is 0.269 e. The predicted molar refractivity (Wildman–Crippen MR) is 83.5 cm³/mol. The standard InChI is InChI=1S/C15H10N4O2S/c20-14-7-15(22(21)18-14)19-13-6-10(3-4-12(13)9-17-19)11-2-1-5-16-8-11/h1-9H,(H,18,20). The maximum Gasteiger partial charge on any atom is 0.258 e. The maximum atomic E-state index is 11.9. The van der Waals surface area contributed by atoms with Crippen molar-refractivity contribution in [3.05, 3.63) is 55.0 Å². The minimum atomic E-state index is -1.58. The highest BCUT2D eigenvalue weighted by Gasteiger charge is 2.23. The van der Waals surface area contributed by atoms with E-state index in [1.165, 1.54) is 10.8 Å². The molecule has 1 aromatic carbocycles. The van der Waals surface area contributed by atoms with Gasteiger partial charge in [-0.05, 0) is 17.7 Å². The molecule has 2 aromatic heterocycles. The van der Waals surface area contributed by atoms with Crippen LogP contribution in [0.2, 0.25) is 0 Å². The lowest BCUT2D eigenvalue weighted by Gasteiger charge is -2.05. The molecule has 1 atom stereocenters. The number of nitrogens with one attached hydrogen (secondary N) is 1. The van der Waals surface area contributed by atoms with E-state index in [4.69, 9.17) is 0 Å². The molecule has 3 heterocycles. The minimum Gasteiger partial charge on any atom is -0.269 e. The van der Waals surface area contributed by atoms with Crippen LogP contribution in [0.5, 0.6) is 0 Å². The summed E-state index contributed by atoms with van der Waals surface area (Å²) in [6.07, 6.45) is 6.48. The zero-order valence-corrected chi connectivity index (χ0v) is 12.1. The molecule has 1 unspecified atom stereocenters. The molecule has 1 aliphatic heterocycles. The minimum absolute atomic E-state index is 0.336. The molecule has 3 aromatic rings. The SMILES string of the molecule is O=C1C=C(n2ncc3ccc(-c4cccnc4)cc32)S(=O)N1. The fraction of sp³-hybridized carbons (Fsp3) is 0. The Hall–Kier alpha value is -2.80. The first kappa shape index (κ1) is 12.9. The number of rotatable bonds is 2. The number of benzene rings is 1. The Bertz CT molecular complexity index is 947. The van der Waals surface area contributed by atoms with Gasteiger partial charge in [-0.15, -0.1) is 0 Å². The number of pyridine rings is 1. The summed E-state index contributed by atoms with van der Waals surface area (Å²) in [5.41, 5.74) is 2.75. The van der Waals surface area contributed by atoms with Gasteiger partial charge >= 0.3 is 0 Å². The molecule has 0 fully saturated rings. The second-order valence-electron chi connectivity index (χ2n) is 4.79. The Morgan fingerprint density at radius 1 is 1.14 bits per heavy atom. The van der Waals surface area contributed by atoms with E-state index in [1.54, 1.807) is 18.6 Å². The zero-order chi connectivity index (χ0) is 15.1. The third kappa shape index (κ3) is 2.03. The van der Waals surface area contributed by atoms with E-state index in [9.17, 15) is 9.00 Å². The van der Waals surface area contributed by atoms with E-state index in [1.807, 2.05) is 30.3 Å². The summed E-state index contributed by atoms with van der Waals surface area (Å²) in [7, 11) is -1.58. The maximum absolute atomic E-state index is 11.9. The van der Waals surface area contributed by atoms with Gasteiger partial charge in [-0.3, -0.25) is 14.5 Å². The fourth-order valence-electron chi connectivity index (χ4n) is 2.39. The van der Waals surface area contributed by atoms with Gasteiger partial charge in [-0.25, -0.2) is 8.89 Å². The van der Waals surface area contributed by atoms with E-state index in [-0.39, 0.29) is 5.91 Å². The van der Waals surface area contributed by atoms with Crippen LogP contribution >= 0.6 is 0 Å². The second-order valence-corrected chi connectivity index (χ2v) is 5.95. The van der Waals surface area contributed by atoms with Gasteiger partial charge in [0.15, 0.2) is 16.0 Å². The van der Waals surface area contributed by atoms with E-state index in [0.29, 0.717) is 5.03 Å². The summed E-state index contributed by atoms with van der Waals surface area (Å²) >= 11 is 0. The predicted octanol–water partition coefficient (Wildman–Crippen LogP) is 1.69. The van der Waals surface area contributed by atoms with Crippen LogP contribution in [-0.4, -0.2) is 24.9 Å². The summed E-state index contributed by atoms with van der Waals surface area (Å²) in [6.45, 7) is 0. The number of hydrogen-bond acceptors (Lipinski definition) is 4. The van der Waals surface area contributed by atoms with Crippen molar-refractivity contribution < 1.29 is 9.00 Å². The number of carbonyl (C=O) groups is 1. The van der Waals surface area contributed by atoms with Crippen molar-refractivity contribution in [2.75, 3.05) is 0 Å². The average molecular weight is 310 g/mol. The van der Waals surface area contributed by atoms with Crippen LogP contribution in [0.25, 0.3) is 27.1 Å². The smallest absolute Gasteiger partial charge is 0.258 e. The van der Waals surface area contributed by atoms with Crippen molar-refractivity contribution in [3.8, 4) is 11.1 Å². The number of carbonyl (C=O) groups excluding carboxylic acids is 1. The van der Waals surface area contributed by atoms with Crippen molar-refractivity contribution in [3.63, 3.8) is 0 Å². The van der Waals surface area contributed by atoms with Crippen LogP contribution < -0.4 is 4.72 Å². The summed E-state index contributed by atoms with van der Waals surface area (Å²) in [5.74, 6) is -0.375. The molecule has 1 N–H and O–H groups in total. The molecule has 0 aliphatic carbocycles. The number of fused-ring (bicyclic) bond motifs is 1. The van der Waals surface area contributed by atoms with Crippen molar-refractivity contribution in [2.24, 2.45) is 0 Å². The molecule has 22 heavy (non-hydrogen) atoms. The van der Waals surface area contributed by atoms with Crippen molar-refractivity contribution in [1.82, 2.24) is 19.5 Å². The highest BCUT2D eigenvalue weighted by atomic mass is 32.2. The van der Waals surface area contributed by atoms with Gasteiger partial charge in [0.25, 0.3) is 5.91 Å². The molecule has 0 saturated carbocycles. The van der Waals surface area contributed by atoms with Gasteiger partial charge in [0.2, 0.25) is 0 Å². The van der Waals surface area contributed by atoms with E-state index in [0.717, 1.165) is 22.0 Å². The van der Waals surface area contributed by atoms with Crippen LogP contribution in [0.3, 0.4) is 0 Å². The highest BCUT2D eigenvalue weighted by Crippen LogP contribution is 2.26. The lowest BCUT2D eigenvalue weighted by atomic mass is 10.1. The lowest BCUT2D eigenvalue weighted by Crippen LogP contribution is -2.17. The summed E-state index contributed by atoms with van der Waals surface area (Å²) in [6, 6.07) is 9.70. The van der Waals surface area contributed by atoms with Gasteiger partial charge in [0.05, 0.1) is 11.7 Å². The van der Waals surface area contributed by atoms with E-state index in [2.05, 4.69) is 14.8 Å². The molecule has 0 radical (unpaired) electrons. The lowest BCUT2D eigenvalue weighted by molar-refractivity contribution is -0.114. The number of hydrogen-bond donors (Lipinski definition) is 1. The Morgan fingerprint density at radius 3 is 2.77 bits per heavy atom. The first-order valence-electron chi connectivity index (χ1n) is 6.55. The number of nitrogens with zero attached hydrogens (tertiary/aromatic N) is 3. The van der Waals surface area contributed by atoms with E-state index >= 15 is 0 Å². The topological polar surface area (TPSA) is 76.9 Å². The molecular weight excluding hydrogens is 300 g/mol. The molecule has 0 spiro atoms. The van der Waals surface area contributed by atoms with Gasteiger partial charge in [-0.1, -0.05) is 18.2 Å². The second kappa shape index (κ2) is 4.88. The van der Waals surface area contributed by atoms with Crippen LogP contribution in [0.4, 0.5) is 0 Å². The molecule has 7 heteroatoms. The summed E-state index contributed by atoms with van der Waals surface area (Å²) in [5, 5.41) is 5.49. The van der Waals surface area contributed by atoms with Crippen LogP contribution in [0.1, 0.15) is 0 Å². The Labute approximate surface area is 128 Å². The fourth-order valence-corrected chi connectivity index (χ4v) is 3.25. The average Bonchev–Trinajstić information content (AvgIpc) is 3.10. The molecule has 1 aliphatic rings. The van der Waals surface area contributed by atoms with Crippen molar-refractivity contribution in [2.45, 2.75) is 0 Å². The van der Waals surface area contributed by atoms with E-state index < -0.39 is 11.0 Å². The molecular formula is C15H10N4O2S. The summed E-state index contributed by atoms with van der Waals surface area (Å²) in [4.78, 5) is 15.5. The molecule has 4 rings (SSSR count). The molecule has 0 bridgehead atoms. The van der Waals surface area contributed by atoms with Crippen LogP contribution in [0, 0.1) is 0 Å². The third-order valence-electron chi connectivity index (χ3n) is 3.41. The molecule has 6 nitrogen and oxygen atoms in total. The van der Waals surface area contributed by atoms with Gasteiger partial charge in [-0.2, -0.15) is 5.10 Å². The number of amides is 1. The zero-order valence-electron chi connectivity index (χ0n) is 11.3. The Morgan fingerprint density at radius 2 is 2.05 bits per heavy atom. The van der Waals surface area contributed by atoms with Crippen molar-refractivity contribution in [1.29, 1.82) is 0 Å². The Kier molecular flexibility index (Phi) is 2.87. The third-order valence-corrected chi connectivity index (χ3v) is 4.47. The molecule has 108 valence electrons. The molecule has 1 amide bonds. The van der Waals surface area contributed by atoms with Crippen molar-refractivity contribution >= 4 is 32.8 Å². The first-order valence-corrected chi connectivity index (χ1v) is 7.70. The Balaban J connectivity index is 1.89. The van der Waals surface area contributed by atoms with Gasteiger partial charge in [0.1, 0.15) is 0 Å². The van der Waals surface area contributed by atoms with Crippen LogP contribution in [-0.2, 0) is 15.8 Å². The quantitative estimate of drug-likeness (QED) is 0.781. The first-order chi connectivity index (χ1) is 10.7. The highest BCUT2D eigenvalue weighted by molar-refractivity contribution is 7.93. The van der Waals surface area contributed by atoms with Gasteiger partial charge < -0.3 is 0 Å². The summed E-state index contributed by atoms with van der Waals surface area (Å²) < 4.78 is 15.8. The van der Waals surface area contributed by atoms with Gasteiger partial charge in [0, 0.05) is 29.4 Å². The number of aromatic nitrogens is 3.